The minimum Gasteiger partial charge on any atom is -0.361 e. The summed E-state index contributed by atoms with van der Waals surface area (Å²) in [5.41, 5.74) is 2.23. The number of nitrogens with one attached hydrogen (secondary N) is 2. The van der Waals surface area contributed by atoms with Gasteiger partial charge >= 0.3 is 0 Å². The van der Waals surface area contributed by atoms with Crippen LogP contribution in [0.4, 0.5) is 0 Å². The van der Waals surface area contributed by atoms with Gasteiger partial charge in [-0.2, -0.15) is 0 Å². The molecule has 3 aromatic rings. The van der Waals surface area contributed by atoms with Gasteiger partial charge in [0.1, 0.15) is 5.82 Å². The number of aromatic nitrogens is 3. The van der Waals surface area contributed by atoms with Crippen molar-refractivity contribution in [2.24, 2.45) is 5.92 Å². The van der Waals surface area contributed by atoms with Crippen molar-refractivity contribution in [2.75, 3.05) is 13.6 Å². The van der Waals surface area contributed by atoms with E-state index in [-0.39, 0.29) is 11.8 Å². The zero-order valence-electron chi connectivity index (χ0n) is 13.7. The lowest BCUT2D eigenvalue weighted by Gasteiger charge is -2.23. The Morgan fingerprint density at radius 1 is 1.42 bits per heavy atom. The molecule has 6 nitrogen and oxygen atoms in total. The zero-order chi connectivity index (χ0) is 16.5. The Kier molecular flexibility index (Phi) is 3.82. The van der Waals surface area contributed by atoms with Crippen LogP contribution in [0.3, 0.4) is 0 Å². The Bertz CT molecular complexity index is 865. The third kappa shape index (κ3) is 2.80. The zero-order valence-corrected chi connectivity index (χ0v) is 13.7. The number of carbonyl (C=O) groups is 1. The predicted octanol–water partition coefficient (Wildman–Crippen LogP) is 1.74. The lowest BCUT2D eigenvalue weighted by molar-refractivity contribution is -0.135. The van der Waals surface area contributed by atoms with E-state index in [1.165, 1.54) is 5.39 Å². The maximum atomic E-state index is 12.8. The van der Waals surface area contributed by atoms with Crippen molar-refractivity contribution in [3.05, 3.63) is 54.2 Å². The van der Waals surface area contributed by atoms with Crippen molar-refractivity contribution >= 4 is 16.8 Å². The van der Waals surface area contributed by atoms with Crippen LogP contribution in [-0.2, 0) is 24.4 Å². The van der Waals surface area contributed by atoms with Crippen molar-refractivity contribution in [3.63, 3.8) is 0 Å². The molecule has 1 unspecified atom stereocenters. The van der Waals surface area contributed by atoms with Gasteiger partial charge in [-0.1, -0.05) is 12.1 Å². The third-order valence-electron chi connectivity index (χ3n) is 4.66. The van der Waals surface area contributed by atoms with Crippen molar-refractivity contribution < 1.29 is 4.79 Å². The molecule has 124 valence electrons. The highest BCUT2D eigenvalue weighted by atomic mass is 16.2. The molecule has 1 amide bonds. The summed E-state index contributed by atoms with van der Waals surface area (Å²) in [6, 6.07) is 8.33. The van der Waals surface area contributed by atoms with Crippen LogP contribution < -0.4 is 5.32 Å². The average Bonchev–Trinajstić information content (AvgIpc) is 3.18. The number of hydrogen-bond donors (Lipinski definition) is 2. The van der Waals surface area contributed by atoms with E-state index in [4.69, 9.17) is 0 Å². The molecular weight excluding hydrogens is 302 g/mol. The number of hydrogen-bond acceptors (Lipinski definition) is 3. The quantitative estimate of drug-likeness (QED) is 0.772. The molecule has 0 radical (unpaired) electrons. The minimum absolute atomic E-state index is 0.0698. The van der Waals surface area contributed by atoms with Gasteiger partial charge in [0.05, 0.1) is 12.5 Å². The largest absolute Gasteiger partial charge is 0.361 e. The Labute approximate surface area is 140 Å². The van der Waals surface area contributed by atoms with Crippen LogP contribution in [0.1, 0.15) is 11.4 Å². The number of rotatable bonds is 3. The van der Waals surface area contributed by atoms with Gasteiger partial charge in [0.15, 0.2) is 0 Å². The van der Waals surface area contributed by atoms with E-state index >= 15 is 0 Å². The molecule has 0 fully saturated rings. The molecule has 0 spiro atoms. The van der Waals surface area contributed by atoms with Gasteiger partial charge in [0, 0.05) is 50.8 Å². The molecule has 1 aromatic carbocycles. The number of carbonyl (C=O) groups excluding carboxylic acids is 1. The van der Waals surface area contributed by atoms with Gasteiger partial charge in [0.2, 0.25) is 5.91 Å². The third-order valence-corrected chi connectivity index (χ3v) is 4.66. The maximum absolute atomic E-state index is 12.8. The Balaban J connectivity index is 1.47. The highest BCUT2D eigenvalue weighted by Crippen LogP contribution is 2.17. The summed E-state index contributed by atoms with van der Waals surface area (Å²) in [5, 5.41) is 4.51. The van der Waals surface area contributed by atoms with E-state index in [9.17, 15) is 4.79 Å². The molecule has 1 atom stereocenters. The molecule has 6 heteroatoms. The second-order valence-electron chi connectivity index (χ2n) is 6.42. The topological polar surface area (TPSA) is 66.0 Å². The first-order valence-corrected chi connectivity index (χ1v) is 8.22. The summed E-state index contributed by atoms with van der Waals surface area (Å²) in [6.45, 7) is 2.69. The number of amides is 1. The normalized spacial score (nSPS) is 17.5. The second-order valence-corrected chi connectivity index (χ2v) is 6.42. The standard InChI is InChI=1S/C18H21N5O/c1-22(11-13-2-3-14-4-5-20-16(14)8-13)18(24)15-9-19-10-17-21-6-7-23(17)12-15/h2-8,15,19-20H,9-12H2,1H3. The molecule has 4 rings (SSSR count). The van der Waals surface area contributed by atoms with Gasteiger partial charge in [-0.05, 0) is 23.1 Å². The smallest absolute Gasteiger partial charge is 0.228 e. The van der Waals surface area contributed by atoms with E-state index in [0.29, 0.717) is 26.2 Å². The molecule has 2 N–H and O–H groups in total. The Hall–Kier alpha value is -2.60. The van der Waals surface area contributed by atoms with Gasteiger partial charge < -0.3 is 19.8 Å². The fraction of sp³-hybridized carbons (Fsp3) is 0.333. The minimum atomic E-state index is -0.0698. The summed E-state index contributed by atoms with van der Waals surface area (Å²) in [7, 11) is 1.88. The first-order chi connectivity index (χ1) is 11.7. The molecular formula is C18H21N5O. The van der Waals surface area contributed by atoms with E-state index in [1.807, 2.05) is 30.4 Å². The monoisotopic (exact) mass is 323 g/mol. The van der Waals surface area contributed by atoms with Gasteiger partial charge in [-0.25, -0.2) is 4.98 Å². The van der Waals surface area contributed by atoms with Crippen molar-refractivity contribution in [1.82, 2.24) is 24.8 Å². The molecule has 2 aromatic heterocycles. The van der Waals surface area contributed by atoms with E-state index in [0.717, 1.165) is 16.9 Å². The van der Waals surface area contributed by atoms with Crippen molar-refractivity contribution in [2.45, 2.75) is 19.6 Å². The molecule has 1 aliphatic rings. The number of H-pyrrole nitrogens is 1. The van der Waals surface area contributed by atoms with Crippen molar-refractivity contribution in [1.29, 1.82) is 0 Å². The molecule has 0 saturated carbocycles. The number of benzene rings is 1. The molecule has 1 aliphatic heterocycles. The van der Waals surface area contributed by atoms with Gasteiger partial charge in [-0.15, -0.1) is 0 Å². The molecule has 24 heavy (non-hydrogen) atoms. The highest BCUT2D eigenvalue weighted by molar-refractivity contribution is 5.81. The average molecular weight is 323 g/mol. The van der Waals surface area contributed by atoms with Crippen LogP contribution in [0.2, 0.25) is 0 Å². The summed E-state index contributed by atoms with van der Waals surface area (Å²) in [4.78, 5) is 22.2. The van der Waals surface area contributed by atoms with Crippen LogP contribution >= 0.6 is 0 Å². The number of nitrogens with zero attached hydrogens (tertiary/aromatic N) is 3. The second kappa shape index (κ2) is 6.13. The fourth-order valence-electron chi connectivity index (χ4n) is 3.36. The summed E-state index contributed by atoms with van der Waals surface area (Å²) in [6.07, 6.45) is 5.67. The van der Waals surface area contributed by atoms with Crippen LogP contribution in [0, 0.1) is 5.92 Å². The Morgan fingerprint density at radius 3 is 3.25 bits per heavy atom. The maximum Gasteiger partial charge on any atom is 0.228 e. The first kappa shape index (κ1) is 15.0. The van der Waals surface area contributed by atoms with E-state index < -0.39 is 0 Å². The van der Waals surface area contributed by atoms with Crippen LogP contribution in [0.15, 0.2) is 42.9 Å². The van der Waals surface area contributed by atoms with E-state index in [2.05, 4.69) is 38.1 Å². The van der Waals surface area contributed by atoms with E-state index in [1.54, 1.807) is 6.20 Å². The lowest BCUT2D eigenvalue weighted by Crippen LogP contribution is -2.38. The molecule has 0 saturated heterocycles. The first-order valence-electron chi connectivity index (χ1n) is 8.22. The van der Waals surface area contributed by atoms with Gasteiger partial charge in [0.25, 0.3) is 0 Å². The lowest BCUT2D eigenvalue weighted by atomic mass is 10.1. The Morgan fingerprint density at radius 2 is 2.33 bits per heavy atom. The summed E-state index contributed by atoms with van der Waals surface area (Å²) in [5.74, 6) is 1.08. The van der Waals surface area contributed by atoms with Crippen LogP contribution in [0.5, 0.6) is 0 Å². The molecule has 0 bridgehead atoms. The van der Waals surface area contributed by atoms with Crippen LogP contribution in [0.25, 0.3) is 10.9 Å². The fourth-order valence-corrected chi connectivity index (χ4v) is 3.36. The predicted molar refractivity (Wildman–Crippen MR) is 92.2 cm³/mol. The number of fused-ring (bicyclic) bond motifs is 2. The summed E-state index contributed by atoms with van der Waals surface area (Å²) < 4.78 is 2.07. The van der Waals surface area contributed by atoms with Gasteiger partial charge in [-0.3, -0.25) is 4.79 Å². The number of aromatic amines is 1. The SMILES string of the molecule is CN(Cc1ccc2cc[nH]c2c1)C(=O)C1CNCc2nccn2C1. The van der Waals surface area contributed by atoms with Crippen LogP contribution in [-0.4, -0.2) is 38.9 Å². The molecule has 0 aliphatic carbocycles. The van der Waals surface area contributed by atoms with Crippen molar-refractivity contribution in [3.8, 4) is 0 Å². The highest BCUT2D eigenvalue weighted by Gasteiger charge is 2.25. The summed E-state index contributed by atoms with van der Waals surface area (Å²) >= 11 is 0. The molecule has 3 heterocycles. The number of imidazole rings is 1.